The monoisotopic (exact) mass is 428 g/mol. The third kappa shape index (κ3) is 4.34. The fourth-order valence-corrected chi connectivity index (χ4v) is 4.42. The van der Waals surface area contributed by atoms with Crippen molar-refractivity contribution in [1.82, 2.24) is 9.97 Å². The Bertz CT molecular complexity index is 1040. The quantitative estimate of drug-likeness (QED) is 0.585. The summed E-state index contributed by atoms with van der Waals surface area (Å²) in [4.78, 5) is 23.7. The molecule has 5 N–H and O–H groups in total. The Labute approximate surface area is 177 Å². The van der Waals surface area contributed by atoms with Gasteiger partial charge in [-0.1, -0.05) is 35.1 Å². The number of rotatable bonds is 4. The van der Waals surface area contributed by atoms with Gasteiger partial charge in [0.2, 0.25) is 0 Å². The Morgan fingerprint density at radius 1 is 1.34 bits per heavy atom. The second kappa shape index (κ2) is 8.36. The number of nitrogens with one attached hydrogen (secondary N) is 1. The van der Waals surface area contributed by atoms with Gasteiger partial charge in [-0.2, -0.15) is 0 Å². The lowest BCUT2D eigenvalue weighted by Crippen LogP contribution is -2.43. The SMILES string of the molecule is Nc1sc(-c2cccc(Cl)c2)nc1C(=O)Nc1cnccc1N1CCCC(N)C1. The summed E-state index contributed by atoms with van der Waals surface area (Å²) >= 11 is 7.31. The second-order valence-corrected chi connectivity index (χ2v) is 8.40. The lowest BCUT2D eigenvalue weighted by molar-refractivity contribution is 0.102. The molecule has 0 radical (unpaired) electrons. The summed E-state index contributed by atoms with van der Waals surface area (Å²) in [7, 11) is 0. The highest BCUT2D eigenvalue weighted by Crippen LogP contribution is 2.33. The fraction of sp³-hybridized carbons (Fsp3) is 0.250. The number of thiazole rings is 1. The van der Waals surface area contributed by atoms with Gasteiger partial charge in [0.25, 0.3) is 5.91 Å². The van der Waals surface area contributed by atoms with E-state index in [1.165, 1.54) is 11.3 Å². The van der Waals surface area contributed by atoms with Crippen molar-refractivity contribution in [3.8, 4) is 10.6 Å². The number of anilines is 3. The molecule has 1 unspecified atom stereocenters. The fourth-order valence-electron chi connectivity index (χ4n) is 3.41. The van der Waals surface area contributed by atoms with Crippen molar-refractivity contribution in [1.29, 1.82) is 0 Å². The van der Waals surface area contributed by atoms with E-state index in [4.69, 9.17) is 23.1 Å². The Kier molecular flexibility index (Phi) is 5.66. The number of aromatic nitrogens is 2. The van der Waals surface area contributed by atoms with E-state index in [-0.39, 0.29) is 17.6 Å². The molecule has 150 valence electrons. The van der Waals surface area contributed by atoms with E-state index in [9.17, 15) is 4.79 Å². The number of piperidine rings is 1. The van der Waals surface area contributed by atoms with Gasteiger partial charge in [0.15, 0.2) is 5.69 Å². The number of amides is 1. The molecule has 2 aromatic heterocycles. The number of nitrogens with zero attached hydrogens (tertiary/aromatic N) is 3. The van der Waals surface area contributed by atoms with E-state index in [0.717, 1.165) is 37.2 Å². The maximum Gasteiger partial charge on any atom is 0.277 e. The number of nitrogen functional groups attached to an aromatic ring is 1. The maximum atomic E-state index is 12.9. The summed E-state index contributed by atoms with van der Waals surface area (Å²) in [6.45, 7) is 1.63. The van der Waals surface area contributed by atoms with Crippen molar-refractivity contribution in [3.05, 3.63) is 53.4 Å². The van der Waals surface area contributed by atoms with Crippen LogP contribution in [-0.4, -0.2) is 35.0 Å². The van der Waals surface area contributed by atoms with Crippen LogP contribution in [-0.2, 0) is 0 Å². The van der Waals surface area contributed by atoms with Gasteiger partial charge in [0, 0.05) is 35.9 Å². The van der Waals surface area contributed by atoms with Gasteiger partial charge in [0.05, 0.1) is 17.6 Å². The second-order valence-electron chi connectivity index (χ2n) is 6.94. The van der Waals surface area contributed by atoms with Crippen molar-refractivity contribution < 1.29 is 4.79 Å². The average Bonchev–Trinajstić information content (AvgIpc) is 3.10. The Morgan fingerprint density at radius 3 is 3.00 bits per heavy atom. The Morgan fingerprint density at radius 2 is 2.21 bits per heavy atom. The molecule has 3 heterocycles. The van der Waals surface area contributed by atoms with Crippen molar-refractivity contribution >= 4 is 45.2 Å². The number of carbonyl (C=O) groups excluding carboxylic acids is 1. The molecule has 1 saturated heterocycles. The largest absolute Gasteiger partial charge is 0.389 e. The summed E-state index contributed by atoms with van der Waals surface area (Å²) in [6.07, 6.45) is 5.36. The Balaban J connectivity index is 1.58. The van der Waals surface area contributed by atoms with E-state index in [0.29, 0.717) is 20.7 Å². The number of pyridine rings is 1. The molecule has 4 rings (SSSR count). The van der Waals surface area contributed by atoms with Crippen LogP contribution in [0, 0.1) is 0 Å². The number of hydrogen-bond donors (Lipinski definition) is 3. The highest BCUT2D eigenvalue weighted by Gasteiger charge is 2.22. The van der Waals surface area contributed by atoms with Crippen molar-refractivity contribution in [2.75, 3.05) is 29.0 Å². The summed E-state index contributed by atoms with van der Waals surface area (Å²) in [6, 6.07) is 9.29. The number of benzene rings is 1. The summed E-state index contributed by atoms with van der Waals surface area (Å²) in [5.74, 6) is -0.373. The molecule has 0 spiro atoms. The molecular formula is C20H21ClN6OS. The van der Waals surface area contributed by atoms with Crippen LogP contribution in [0.2, 0.25) is 5.02 Å². The molecule has 1 atom stereocenters. The molecule has 1 amide bonds. The molecule has 3 aromatic rings. The van der Waals surface area contributed by atoms with Crippen LogP contribution < -0.4 is 21.7 Å². The zero-order valence-electron chi connectivity index (χ0n) is 15.6. The molecule has 1 aromatic carbocycles. The van der Waals surface area contributed by atoms with Crippen molar-refractivity contribution in [3.63, 3.8) is 0 Å². The van der Waals surface area contributed by atoms with Crippen LogP contribution in [0.1, 0.15) is 23.3 Å². The third-order valence-corrected chi connectivity index (χ3v) is 5.95. The van der Waals surface area contributed by atoms with Crippen LogP contribution in [0.3, 0.4) is 0 Å². The zero-order chi connectivity index (χ0) is 20.4. The van der Waals surface area contributed by atoms with Gasteiger partial charge in [-0.05, 0) is 31.0 Å². The molecule has 1 aliphatic rings. The maximum absolute atomic E-state index is 12.9. The molecule has 0 aliphatic carbocycles. The van der Waals surface area contributed by atoms with Crippen LogP contribution in [0.25, 0.3) is 10.6 Å². The molecule has 1 fully saturated rings. The number of halogens is 1. The summed E-state index contributed by atoms with van der Waals surface area (Å²) in [5, 5.41) is 4.50. The number of hydrogen-bond acceptors (Lipinski definition) is 7. The van der Waals surface area contributed by atoms with E-state index in [1.807, 2.05) is 18.2 Å². The van der Waals surface area contributed by atoms with E-state index in [1.54, 1.807) is 24.5 Å². The molecule has 29 heavy (non-hydrogen) atoms. The predicted octanol–water partition coefficient (Wildman–Crippen LogP) is 3.62. The first-order valence-electron chi connectivity index (χ1n) is 9.29. The van der Waals surface area contributed by atoms with Crippen LogP contribution in [0.15, 0.2) is 42.7 Å². The minimum absolute atomic E-state index is 0.120. The standard InChI is InChI=1S/C20H21ClN6OS/c21-13-4-1-3-12(9-13)20-26-17(18(23)29-20)19(28)25-15-10-24-7-6-16(15)27-8-2-5-14(22)11-27/h1,3-4,6-7,9-10,14H,2,5,8,11,22-23H2,(H,25,28). The predicted molar refractivity (Wildman–Crippen MR) is 119 cm³/mol. The molecule has 9 heteroatoms. The van der Waals surface area contributed by atoms with Crippen molar-refractivity contribution in [2.24, 2.45) is 5.73 Å². The zero-order valence-corrected chi connectivity index (χ0v) is 17.2. The summed E-state index contributed by atoms with van der Waals surface area (Å²) < 4.78 is 0. The highest BCUT2D eigenvalue weighted by molar-refractivity contribution is 7.19. The number of nitrogens with two attached hydrogens (primary N) is 2. The molecular weight excluding hydrogens is 408 g/mol. The average molecular weight is 429 g/mol. The minimum Gasteiger partial charge on any atom is -0.389 e. The van der Waals surface area contributed by atoms with E-state index < -0.39 is 0 Å². The summed E-state index contributed by atoms with van der Waals surface area (Å²) in [5.41, 5.74) is 14.7. The Hall–Kier alpha value is -2.68. The molecule has 0 saturated carbocycles. The van der Waals surface area contributed by atoms with Gasteiger partial charge in [-0.25, -0.2) is 4.98 Å². The lowest BCUT2D eigenvalue weighted by atomic mass is 10.1. The van der Waals surface area contributed by atoms with Crippen LogP contribution >= 0.6 is 22.9 Å². The van der Waals surface area contributed by atoms with Crippen LogP contribution in [0.5, 0.6) is 0 Å². The van der Waals surface area contributed by atoms with Gasteiger partial charge in [-0.15, -0.1) is 0 Å². The first-order valence-corrected chi connectivity index (χ1v) is 10.5. The smallest absolute Gasteiger partial charge is 0.277 e. The highest BCUT2D eigenvalue weighted by atomic mass is 35.5. The molecule has 0 bridgehead atoms. The number of carbonyl (C=O) groups is 1. The van der Waals surface area contributed by atoms with Crippen molar-refractivity contribution in [2.45, 2.75) is 18.9 Å². The molecule has 7 nitrogen and oxygen atoms in total. The first kappa shape index (κ1) is 19.6. The van der Waals surface area contributed by atoms with Gasteiger partial charge in [0.1, 0.15) is 10.0 Å². The lowest BCUT2D eigenvalue weighted by Gasteiger charge is -2.33. The topological polar surface area (TPSA) is 110 Å². The van der Waals surface area contributed by atoms with Crippen LogP contribution in [0.4, 0.5) is 16.4 Å². The van der Waals surface area contributed by atoms with Gasteiger partial charge >= 0.3 is 0 Å². The minimum atomic E-state index is -0.373. The normalized spacial score (nSPS) is 16.6. The van der Waals surface area contributed by atoms with Gasteiger partial charge < -0.3 is 21.7 Å². The first-order chi connectivity index (χ1) is 14.0. The van der Waals surface area contributed by atoms with Gasteiger partial charge in [-0.3, -0.25) is 9.78 Å². The third-order valence-electron chi connectivity index (χ3n) is 4.78. The van der Waals surface area contributed by atoms with E-state index >= 15 is 0 Å². The molecule has 1 aliphatic heterocycles. The van der Waals surface area contributed by atoms with E-state index in [2.05, 4.69) is 20.2 Å².